The van der Waals surface area contributed by atoms with Crippen LogP contribution in [0, 0.1) is 5.92 Å². The van der Waals surface area contributed by atoms with E-state index in [4.69, 9.17) is 5.73 Å². The van der Waals surface area contributed by atoms with Gasteiger partial charge in [0.05, 0.1) is 5.25 Å². The first-order chi connectivity index (χ1) is 8.12. The highest BCUT2D eigenvalue weighted by molar-refractivity contribution is 7.90. The Balaban J connectivity index is 0.00000162. The van der Waals surface area contributed by atoms with Gasteiger partial charge >= 0.3 is 0 Å². The second-order valence-corrected chi connectivity index (χ2v) is 7.20. The van der Waals surface area contributed by atoms with Gasteiger partial charge in [0.25, 0.3) is 0 Å². The highest BCUT2D eigenvalue weighted by Gasteiger charge is 2.35. The molecule has 3 N–H and O–H groups in total. The van der Waals surface area contributed by atoms with Gasteiger partial charge in [-0.15, -0.1) is 24.8 Å². The number of rotatable bonds is 6. The Morgan fingerprint density at radius 1 is 1.11 bits per heavy atom. The third kappa shape index (κ3) is 6.14. The predicted octanol–water partition coefficient (Wildman–Crippen LogP) is 0.583. The molecule has 1 aliphatic heterocycles. The minimum Gasteiger partial charge on any atom is -0.330 e. The molecular weight excluding hydrogens is 309 g/mol. The molecule has 8 heteroatoms. The molecule has 0 aromatic rings. The minimum atomic E-state index is -3.00. The topological polar surface area (TPSA) is 75.4 Å². The van der Waals surface area contributed by atoms with Crippen molar-refractivity contribution in [2.45, 2.75) is 30.9 Å². The van der Waals surface area contributed by atoms with Crippen LogP contribution in [-0.2, 0) is 10.0 Å². The van der Waals surface area contributed by atoms with Crippen molar-refractivity contribution in [3.8, 4) is 0 Å². The molecule has 1 heterocycles. The lowest BCUT2D eigenvalue weighted by atomic mass is 9.97. The zero-order chi connectivity index (χ0) is 12.3. The molecular formula is C11H25Cl2N3O2S. The Morgan fingerprint density at radius 3 is 2.16 bits per heavy atom. The van der Waals surface area contributed by atoms with Crippen LogP contribution in [0.2, 0.25) is 0 Å². The molecule has 1 saturated carbocycles. The fourth-order valence-corrected chi connectivity index (χ4v) is 3.66. The standard InChI is InChI=1S/C11H23N3O2S.2ClH/c12-9-10-3-6-14(7-4-10)8-5-13-17(15,16)11-1-2-11;;/h10-11,13H,1-9,12H2;2*1H. The number of nitrogens with one attached hydrogen (secondary N) is 1. The summed E-state index contributed by atoms with van der Waals surface area (Å²) in [4.78, 5) is 2.32. The van der Waals surface area contributed by atoms with Gasteiger partial charge in [0.1, 0.15) is 0 Å². The van der Waals surface area contributed by atoms with Gasteiger partial charge in [0.2, 0.25) is 10.0 Å². The minimum absolute atomic E-state index is 0. The van der Waals surface area contributed by atoms with Gasteiger partial charge in [0.15, 0.2) is 0 Å². The van der Waals surface area contributed by atoms with Crippen molar-refractivity contribution in [3.63, 3.8) is 0 Å². The lowest BCUT2D eigenvalue weighted by molar-refractivity contribution is 0.190. The van der Waals surface area contributed by atoms with Gasteiger partial charge in [-0.25, -0.2) is 13.1 Å². The smallest absolute Gasteiger partial charge is 0.214 e. The Labute approximate surface area is 128 Å². The van der Waals surface area contributed by atoms with E-state index < -0.39 is 10.0 Å². The molecule has 2 aliphatic rings. The number of hydrogen-bond donors (Lipinski definition) is 2. The van der Waals surface area contributed by atoms with Crippen LogP contribution in [0.25, 0.3) is 0 Å². The third-order valence-electron chi connectivity index (χ3n) is 3.73. The Hall–Kier alpha value is 0.410. The molecule has 2 fully saturated rings. The summed E-state index contributed by atoms with van der Waals surface area (Å²) in [5.41, 5.74) is 5.64. The fraction of sp³-hybridized carbons (Fsp3) is 1.00. The molecule has 0 radical (unpaired) electrons. The van der Waals surface area contributed by atoms with Crippen LogP contribution in [0.4, 0.5) is 0 Å². The quantitative estimate of drug-likeness (QED) is 0.745. The molecule has 0 bridgehead atoms. The molecule has 0 unspecified atom stereocenters. The Morgan fingerprint density at radius 2 is 1.68 bits per heavy atom. The van der Waals surface area contributed by atoms with E-state index in [0.29, 0.717) is 12.5 Å². The normalized spacial score (nSPS) is 21.5. The molecule has 5 nitrogen and oxygen atoms in total. The summed E-state index contributed by atoms with van der Waals surface area (Å²) >= 11 is 0. The molecule has 2 rings (SSSR count). The number of nitrogens with zero attached hydrogens (tertiary/aromatic N) is 1. The van der Waals surface area contributed by atoms with Gasteiger partial charge in [0, 0.05) is 13.1 Å². The van der Waals surface area contributed by atoms with Gasteiger partial charge < -0.3 is 10.6 Å². The van der Waals surface area contributed by atoms with Crippen molar-refractivity contribution in [1.82, 2.24) is 9.62 Å². The second kappa shape index (κ2) is 8.64. The molecule has 116 valence electrons. The van der Waals surface area contributed by atoms with Gasteiger partial charge in [-0.3, -0.25) is 0 Å². The van der Waals surface area contributed by atoms with E-state index in [1.165, 1.54) is 0 Å². The van der Waals surface area contributed by atoms with Crippen LogP contribution in [0.1, 0.15) is 25.7 Å². The maximum absolute atomic E-state index is 11.6. The summed E-state index contributed by atoms with van der Waals surface area (Å²) in [5, 5.41) is -0.106. The van der Waals surface area contributed by atoms with E-state index in [2.05, 4.69) is 9.62 Å². The van der Waals surface area contributed by atoms with Crippen LogP contribution in [0.3, 0.4) is 0 Å². The molecule has 0 aromatic heterocycles. The number of likely N-dealkylation sites (tertiary alicyclic amines) is 1. The Kier molecular flexibility index (Phi) is 8.83. The average Bonchev–Trinajstić information content (AvgIpc) is 3.14. The number of sulfonamides is 1. The molecule has 0 aromatic carbocycles. The van der Waals surface area contributed by atoms with E-state index >= 15 is 0 Å². The first-order valence-electron chi connectivity index (χ1n) is 6.52. The maximum Gasteiger partial charge on any atom is 0.214 e. The van der Waals surface area contributed by atoms with Crippen molar-refractivity contribution in [3.05, 3.63) is 0 Å². The van der Waals surface area contributed by atoms with Crippen molar-refractivity contribution in [2.24, 2.45) is 11.7 Å². The molecule has 0 spiro atoms. The van der Waals surface area contributed by atoms with Crippen LogP contribution >= 0.6 is 24.8 Å². The van der Waals surface area contributed by atoms with E-state index in [1.807, 2.05) is 0 Å². The zero-order valence-electron chi connectivity index (χ0n) is 11.1. The molecule has 1 aliphatic carbocycles. The van der Waals surface area contributed by atoms with Crippen LogP contribution < -0.4 is 10.5 Å². The summed E-state index contributed by atoms with van der Waals surface area (Å²) < 4.78 is 25.9. The molecule has 1 saturated heterocycles. The van der Waals surface area contributed by atoms with Gasteiger partial charge in [-0.1, -0.05) is 0 Å². The number of hydrogen-bond acceptors (Lipinski definition) is 4. The first-order valence-corrected chi connectivity index (χ1v) is 8.07. The SMILES string of the molecule is Cl.Cl.NCC1CCN(CCNS(=O)(=O)C2CC2)CC1. The summed E-state index contributed by atoms with van der Waals surface area (Å²) in [5.74, 6) is 0.661. The molecule has 0 amide bonds. The second-order valence-electron chi connectivity index (χ2n) is 5.16. The first kappa shape index (κ1) is 19.4. The number of piperidine rings is 1. The highest BCUT2D eigenvalue weighted by atomic mass is 35.5. The fourth-order valence-electron chi connectivity index (χ4n) is 2.29. The molecule has 19 heavy (non-hydrogen) atoms. The van der Waals surface area contributed by atoms with E-state index in [9.17, 15) is 8.42 Å². The lowest BCUT2D eigenvalue weighted by Gasteiger charge is -2.31. The zero-order valence-corrected chi connectivity index (χ0v) is 13.5. The van der Waals surface area contributed by atoms with Crippen molar-refractivity contribution in [2.75, 3.05) is 32.7 Å². The van der Waals surface area contributed by atoms with Gasteiger partial charge in [-0.2, -0.15) is 0 Å². The predicted molar refractivity (Wildman–Crippen MR) is 82.7 cm³/mol. The maximum atomic E-state index is 11.6. The number of nitrogens with two attached hydrogens (primary N) is 1. The van der Waals surface area contributed by atoms with Crippen molar-refractivity contribution < 1.29 is 8.42 Å². The highest BCUT2D eigenvalue weighted by Crippen LogP contribution is 2.27. The third-order valence-corrected chi connectivity index (χ3v) is 5.69. The Bertz CT molecular complexity index is 342. The van der Waals surface area contributed by atoms with E-state index in [0.717, 1.165) is 51.9 Å². The number of halogens is 2. The van der Waals surface area contributed by atoms with Crippen LogP contribution in [0.5, 0.6) is 0 Å². The monoisotopic (exact) mass is 333 g/mol. The van der Waals surface area contributed by atoms with Crippen molar-refractivity contribution in [1.29, 1.82) is 0 Å². The summed E-state index contributed by atoms with van der Waals surface area (Å²) in [6, 6.07) is 0. The summed E-state index contributed by atoms with van der Waals surface area (Å²) in [6.45, 7) is 4.25. The van der Waals surface area contributed by atoms with Crippen molar-refractivity contribution >= 4 is 34.8 Å². The van der Waals surface area contributed by atoms with E-state index in [1.54, 1.807) is 0 Å². The lowest BCUT2D eigenvalue weighted by Crippen LogP contribution is -2.41. The largest absolute Gasteiger partial charge is 0.330 e. The average molecular weight is 334 g/mol. The van der Waals surface area contributed by atoms with Gasteiger partial charge in [-0.05, 0) is 51.2 Å². The van der Waals surface area contributed by atoms with Crippen LogP contribution in [-0.4, -0.2) is 51.3 Å². The molecule has 0 atom stereocenters. The van der Waals surface area contributed by atoms with Crippen LogP contribution in [0.15, 0.2) is 0 Å². The van der Waals surface area contributed by atoms with E-state index in [-0.39, 0.29) is 30.1 Å². The summed E-state index contributed by atoms with van der Waals surface area (Å²) in [6.07, 6.45) is 3.95. The summed E-state index contributed by atoms with van der Waals surface area (Å²) in [7, 11) is -3.00.